The summed E-state index contributed by atoms with van der Waals surface area (Å²) >= 11 is 1.60. The lowest BCUT2D eigenvalue weighted by Crippen LogP contribution is -2.18. The number of nitrogens with one attached hydrogen (secondary N) is 1. The topological polar surface area (TPSA) is 87.3 Å². The van der Waals surface area contributed by atoms with Crippen LogP contribution in [0.15, 0.2) is 22.7 Å². The second-order valence-electron chi connectivity index (χ2n) is 2.84. The van der Waals surface area contributed by atoms with Crippen LogP contribution in [0.1, 0.15) is 19.8 Å². The Bertz CT molecular complexity index is 286. The third-order valence-electron chi connectivity index (χ3n) is 1.77. The number of aromatic amines is 1. The van der Waals surface area contributed by atoms with Crippen molar-refractivity contribution in [3.8, 4) is 0 Å². The van der Waals surface area contributed by atoms with E-state index in [1.54, 1.807) is 24.2 Å². The molecule has 0 aliphatic heterocycles. The van der Waals surface area contributed by atoms with Crippen LogP contribution in [0.25, 0.3) is 0 Å². The number of rotatable bonds is 5. The molecule has 1 aromatic heterocycles. The highest BCUT2D eigenvalue weighted by molar-refractivity contribution is 7.99. The van der Waals surface area contributed by atoms with Gasteiger partial charge in [0.05, 0.1) is 0 Å². The van der Waals surface area contributed by atoms with E-state index in [0.717, 1.165) is 11.6 Å². The third-order valence-corrected chi connectivity index (χ3v) is 3.05. The summed E-state index contributed by atoms with van der Waals surface area (Å²) < 4.78 is 0. The van der Waals surface area contributed by atoms with Crippen LogP contribution < -0.4 is 5.73 Å². The fraction of sp³-hybridized carbons (Fsp3) is 0.500. The van der Waals surface area contributed by atoms with Crippen LogP contribution in [-0.2, 0) is 0 Å². The van der Waals surface area contributed by atoms with E-state index in [4.69, 9.17) is 10.9 Å². The van der Waals surface area contributed by atoms with Crippen molar-refractivity contribution in [3.63, 3.8) is 0 Å². The predicted octanol–water partition coefficient (Wildman–Crippen LogP) is 1.42. The molecule has 0 saturated heterocycles. The van der Waals surface area contributed by atoms with E-state index in [1.807, 2.05) is 0 Å². The quantitative estimate of drug-likeness (QED) is 0.227. The standard InChI is InChI=1S/C8H14N4OS/c1-2-6(5-7(9)12-13)14-8-10-3-4-11-8/h3-4,6,13H,2,5H2,1H3,(H2,9,12)(H,10,11). The number of nitrogens with zero attached hydrogens (tertiary/aromatic N) is 2. The molecule has 1 atom stereocenters. The fourth-order valence-corrected chi connectivity index (χ4v) is 2.01. The van der Waals surface area contributed by atoms with Crippen molar-refractivity contribution in [3.05, 3.63) is 12.4 Å². The molecule has 1 aromatic rings. The van der Waals surface area contributed by atoms with Crippen LogP contribution in [0.2, 0.25) is 0 Å². The molecule has 1 heterocycles. The van der Waals surface area contributed by atoms with Gasteiger partial charge in [0.25, 0.3) is 0 Å². The van der Waals surface area contributed by atoms with Gasteiger partial charge in [-0.3, -0.25) is 0 Å². The Balaban J connectivity index is 2.47. The van der Waals surface area contributed by atoms with Gasteiger partial charge in [-0.2, -0.15) is 0 Å². The first-order valence-corrected chi connectivity index (χ1v) is 5.26. The first-order chi connectivity index (χ1) is 6.76. The number of imidazole rings is 1. The van der Waals surface area contributed by atoms with Crippen LogP contribution >= 0.6 is 11.8 Å². The molecule has 0 radical (unpaired) electrons. The minimum atomic E-state index is 0.260. The van der Waals surface area contributed by atoms with Gasteiger partial charge >= 0.3 is 0 Å². The summed E-state index contributed by atoms with van der Waals surface area (Å²) in [6.45, 7) is 2.06. The summed E-state index contributed by atoms with van der Waals surface area (Å²) in [5, 5.41) is 12.5. The maximum atomic E-state index is 8.44. The number of H-pyrrole nitrogens is 1. The first-order valence-electron chi connectivity index (χ1n) is 4.38. The van der Waals surface area contributed by atoms with E-state index in [9.17, 15) is 0 Å². The zero-order valence-corrected chi connectivity index (χ0v) is 8.79. The average molecular weight is 214 g/mol. The third kappa shape index (κ3) is 3.29. The molecule has 0 aliphatic carbocycles. The smallest absolute Gasteiger partial charge is 0.165 e. The fourth-order valence-electron chi connectivity index (χ4n) is 1.02. The molecule has 0 aromatic carbocycles. The predicted molar refractivity (Wildman–Crippen MR) is 56.5 cm³/mol. The molecular formula is C8H14N4OS. The molecule has 78 valence electrons. The van der Waals surface area contributed by atoms with Crippen molar-refractivity contribution >= 4 is 17.6 Å². The maximum absolute atomic E-state index is 8.44. The maximum Gasteiger partial charge on any atom is 0.165 e. The first kappa shape index (κ1) is 10.9. The summed E-state index contributed by atoms with van der Waals surface area (Å²) in [5.41, 5.74) is 5.43. The Labute approximate surface area is 86.8 Å². The van der Waals surface area contributed by atoms with Crippen molar-refractivity contribution in [2.24, 2.45) is 10.9 Å². The molecule has 6 heteroatoms. The second kappa shape index (κ2) is 5.54. The number of nitrogens with two attached hydrogens (primary N) is 1. The number of oxime groups is 1. The Kier molecular flexibility index (Phi) is 4.31. The minimum Gasteiger partial charge on any atom is -0.409 e. The van der Waals surface area contributed by atoms with Gasteiger partial charge in [0.15, 0.2) is 5.16 Å². The minimum absolute atomic E-state index is 0.260. The molecule has 0 fully saturated rings. The van der Waals surface area contributed by atoms with Gasteiger partial charge in [0.2, 0.25) is 0 Å². The van der Waals surface area contributed by atoms with Gasteiger partial charge < -0.3 is 15.9 Å². The lowest BCUT2D eigenvalue weighted by molar-refractivity contribution is 0.316. The van der Waals surface area contributed by atoms with Gasteiger partial charge in [-0.05, 0) is 6.42 Å². The number of amidine groups is 1. The van der Waals surface area contributed by atoms with E-state index in [2.05, 4.69) is 22.0 Å². The summed E-state index contributed by atoms with van der Waals surface area (Å²) in [4.78, 5) is 7.10. The summed E-state index contributed by atoms with van der Waals surface area (Å²) in [6, 6.07) is 0. The Morgan fingerprint density at radius 3 is 3.14 bits per heavy atom. The SMILES string of the molecule is CCC(C/C(N)=N/O)Sc1ncc[nH]1. The molecule has 0 saturated carbocycles. The highest BCUT2D eigenvalue weighted by Gasteiger charge is 2.11. The molecule has 5 nitrogen and oxygen atoms in total. The average Bonchev–Trinajstić information content (AvgIpc) is 2.69. The zero-order valence-electron chi connectivity index (χ0n) is 7.97. The van der Waals surface area contributed by atoms with Gasteiger partial charge in [-0.25, -0.2) is 4.98 Å². The van der Waals surface area contributed by atoms with Crippen LogP contribution in [0.4, 0.5) is 0 Å². The monoisotopic (exact) mass is 214 g/mol. The molecule has 1 unspecified atom stereocenters. The van der Waals surface area contributed by atoms with Crippen LogP contribution in [0, 0.1) is 0 Å². The molecule has 0 amide bonds. The molecule has 14 heavy (non-hydrogen) atoms. The lowest BCUT2D eigenvalue weighted by atomic mass is 10.2. The van der Waals surface area contributed by atoms with Gasteiger partial charge in [0, 0.05) is 24.1 Å². The Morgan fingerprint density at radius 2 is 2.64 bits per heavy atom. The van der Waals surface area contributed by atoms with Crippen LogP contribution in [0.3, 0.4) is 0 Å². The molecule has 0 aliphatic rings. The van der Waals surface area contributed by atoms with E-state index in [0.29, 0.717) is 6.42 Å². The Morgan fingerprint density at radius 1 is 1.86 bits per heavy atom. The van der Waals surface area contributed by atoms with Crippen molar-refractivity contribution in [1.82, 2.24) is 9.97 Å². The van der Waals surface area contributed by atoms with E-state index < -0.39 is 0 Å². The highest BCUT2D eigenvalue weighted by Crippen LogP contribution is 2.23. The normalized spacial score (nSPS) is 14.2. The van der Waals surface area contributed by atoms with Crippen molar-refractivity contribution in [2.75, 3.05) is 0 Å². The van der Waals surface area contributed by atoms with Crippen molar-refractivity contribution in [2.45, 2.75) is 30.2 Å². The number of thioether (sulfide) groups is 1. The van der Waals surface area contributed by atoms with E-state index in [-0.39, 0.29) is 11.1 Å². The molecule has 1 rings (SSSR count). The zero-order chi connectivity index (χ0) is 10.4. The van der Waals surface area contributed by atoms with Crippen LogP contribution in [0.5, 0.6) is 0 Å². The summed E-state index contributed by atoms with van der Waals surface area (Å²) in [7, 11) is 0. The van der Waals surface area contributed by atoms with Gasteiger partial charge in [0.1, 0.15) is 5.84 Å². The second-order valence-corrected chi connectivity index (χ2v) is 4.13. The molecule has 4 N–H and O–H groups in total. The Hall–Kier alpha value is -1.17. The highest BCUT2D eigenvalue weighted by atomic mass is 32.2. The largest absolute Gasteiger partial charge is 0.409 e. The number of hydrogen-bond donors (Lipinski definition) is 3. The molecule has 0 bridgehead atoms. The van der Waals surface area contributed by atoms with E-state index in [1.165, 1.54) is 0 Å². The van der Waals surface area contributed by atoms with Crippen LogP contribution in [-0.4, -0.2) is 26.3 Å². The molecule has 0 spiro atoms. The van der Waals surface area contributed by atoms with Crippen molar-refractivity contribution in [1.29, 1.82) is 0 Å². The molecular weight excluding hydrogens is 200 g/mol. The van der Waals surface area contributed by atoms with Crippen molar-refractivity contribution < 1.29 is 5.21 Å². The van der Waals surface area contributed by atoms with E-state index >= 15 is 0 Å². The summed E-state index contributed by atoms with van der Waals surface area (Å²) in [6.07, 6.45) is 5.00. The number of hydrogen-bond acceptors (Lipinski definition) is 4. The van der Waals surface area contributed by atoms with Gasteiger partial charge in [-0.1, -0.05) is 23.8 Å². The van der Waals surface area contributed by atoms with Gasteiger partial charge in [-0.15, -0.1) is 0 Å². The number of aromatic nitrogens is 2. The summed E-state index contributed by atoms with van der Waals surface area (Å²) in [5.74, 6) is 0.260. The lowest BCUT2D eigenvalue weighted by Gasteiger charge is -2.10.